The number of aliphatic hydroxyl groups excluding tert-OH is 1. The Morgan fingerprint density at radius 2 is 1.91 bits per heavy atom. The van der Waals surface area contributed by atoms with Crippen molar-refractivity contribution in [3.8, 4) is 5.75 Å². The highest BCUT2D eigenvalue weighted by Crippen LogP contribution is 2.39. The molecule has 33 heavy (non-hydrogen) atoms. The fourth-order valence-electron chi connectivity index (χ4n) is 4.99. The molecule has 4 N–H and O–H groups in total. The van der Waals surface area contributed by atoms with E-state index < -0.39 is 6.10 Å². The molecule has 3 unspecified atom stereocenters. The number of rotatable bonds is 9. The molecule has 4 rings (SSSR count). The molecule has 7 heteroatoms. The number of nitrogens with one attached hydrogen (secondary N) is 1. The third-order valence-electron chi connectivity index (χ3n) is 6.85. The van der Waals surface area contributed by atoms with E-state index in [-0.39, 0.29) is 18.3 Å². The van der Waals surface area contributed by atoms with E-state index in [0.717, 1.165) is 44.3 Å². The zero-order valence-electron chi connectivity index (χ0n) is 19.2. The van der Waals surface area contributed by atoms with Crippen LogP contribution in [-0.2, 0) is 4.79 Å². The minimum atomic E-state index is -0.755. The van der Waals surface area contributed by atoms with E-state index in [4.69, 9.17) is 15.9 Å². The first-order valence-corrected chi connectivity index (χ1v) is 11.9. The Morgan fingerprint density at radius 3 is 2.70 bits per heavy atom. The van der Waals surface area contributed by atoms with Crippen LogP contribution in [-0.4, -0.2) is 53.5 Å². The molecule has 0 bridgehead atoms. The lowest BCUT2D eigenvalue weighted by Gasteiger charge is -2.34. The number of hydrogen-bond acceptors (Lipinski definition) is 5. The van der Waals surface area contributed by atoms with Gasteiger partial charge in [-0.15, -0.1) is 0 Å². The van der Waals surface area contributed by atoms with Gasteiger partial charge in [0.2, 0.25) is 6.10 Å². The summed E-state index contributed by atoms with van der Waals surface area (Å²) in [5.41, 5.74) is 7.72. The summed E-state index contributed by atoms with van der Waals surface area (Å²) in [5.74, 6) is 0.558. The van der Waals surface area contributed by atoms with Gasteiger partial charge in [-0.2, -0.15) is 0 Å². The Morgan fingerprint density at radius 1 is 1.12 bits per heavy atom. The number of carbonyl (C=O) groups excluding carboxylic acids is 1. The normalized spacial score (nSPS) is 22.8. The first-order chi connectivity index (χ1) is 16.0. The molecule has 1 saturated heterocycles. The number of nitrogens with zero attached hydrogens (tertiary/aromatic N) is 2. The number of nitrogen functional groups attached to an aromatic ring is 1. The number of nitrogens with two attached hydrogens (primary N) is 1. The number of ether oxygens (including phenoxy) is 1. The molecule has 2 aliphatic rings. The predicted molar refractivity (Wildman–Crippen MR) is 130 cm³/mol. The summed E-state index contributed by atoms with van der Waals surface area (Å²) < 4.78 is 6.09. The lowest BCUT2D eigenvalue weighted by Crippen LogP contribution is -2.42. The van der Waals surface area contributed by atoms with Crippen LogP contribution in [0.1, 0.15) is 56.3 Å². The second-order valence-corrected chi connectivity index (χ2v) is 9.06. The first-order valence-electron chi connectivity index (χ1n) is 11.9. The van der Waals surface area contributed by atoms with E-state index in [9.17, 15) is 9.90 Å². The smallest absolute Gasteiger partial charge is 0.272 e. The maximum Gasteiger partial charge on any atom is 0.272 e. The highest BCUT2D eigenvalue weighted by Gasteiger charge is 2.35. The van der Waals surface area contributed by atoms with Crippen molar-refractivity contribution < 1.29 is 14.6 Å². The summed E-state index contributed by atoms with van der Waals surface area (Å²) in [6, 6.07) is 15.6. The molecule has 2 aromatic carbocycles. The average Bonchev–Trinajstić information content (AvgIpc) is 3.19. The Kier molecular flexibility index (Phi) is 7.30. The van der Waals surface area contributed by atoms with Gasteiger partial charge in [0.15, 0.2) is 0 Å². The molecule has 2 heterocycles. The number of unbranched alkanes of at least 4 members (excludes halogenated alkanes) is 2. The monoisotopic (exact) mass is 450 g/mol. The van der Waals surface area contributed by atoms with Crippen LogP contribution in [0.3, 0.4) is 0 Å². The van der Waals surface area contributed by atoms with Crippen molar-refractivity contribution in [3.05, 3.63) is 59.7 Å². The molecule has 1 fully saturated rings. The second-order valence-electron chi connectivity index (χ2n) is 9.06. The van der Waals surface area contributed by atoms with Crippen LogP contribution in [0.25, 0.3) is 0 Å². The number of benzene rings is 2. The number of carbonyl (C=O) groups is 1. The van der Waals surface area contributed by atoms with Gasteiger partial charge in [0.25, 0.3) is 5.91 Å². The van der Waals surface area contributed by atoms with Crippen LogP contribution in [0.5, 0.6) is 5.75 Å². The molecule has 2 aromatic rings. The van der Waals surface area contributed by atoms with E-state index in [2.05, 4.69) is 11.8 Å². The largest absolute Gasteiger partial charge is 0.474 e. The summed E-state index contributed by atoms with van der Waals surface area (Å²) in [5, 5.41) is 17.3. The van der Waals surface area contributed by atoms with Crippen LogP contribution in [0.4, 0.5) is 5.69 Å². The molecule has 2 aliphatic heterocycles. The number of fused-ring (bicyclic) bond motifs is 1. The third-order valence-corrected chi connectivity index (χ3v) is 6.85. The van der Waals surface area contributed by atoms with E-state index >= 15 is 0 Å². The third kappa shape index (κ3) is 5.04. The van der Waals surface area contributed by atoms with Gasteiger partial charge in [-0.1, -0.05) is 36.8 Å². The topological polar surface area (TPSA) is 103 Å². The predicted octanol–water partition coefficient (Wildman–Crippen LogP) is 3.45. The van der Waals surface area contributed by atoms with Gasteiger partial charge in [0.1, 0.15) is 11.6 Å². The maximum absolute atomic E-state index is 13.4. The number of likely N-dealkylation sites (tertiary alicyclic amines) is 1. The average molecular weight is 451 g/mol. The van der Waals surface area contributed by atoms with Crippen LogP contribution >= 0.6 is 0 Å². The molecule has 0 spiro atoms. The van der Waals surface area contributed by atoms with Crippen molar-refractivity contribution >= 4 is 17.4 Å². The zero-order chi connectivity index (χ0) is 23.4. The van der Waals surface area contributed by atoms with Gasteiger partial charge in [-0.25, -0.2) is 0 Å². The van der Waals surface area contributed by atoms with E-state index in [1.165, 1.54) is 0 Å². The van der Waals surface area contributed by atoms with Crippen molar-refractivity contribution in [2.75, 3.05) is 24.6 Å². The number of para-hydroxylation sites is 2. The molecule has 0 radical (unpaired) electrons. The standard InChI is InChI=1S/C26H34N4O3/c1-18-12-13-21(17-31)29(18)14-5-2-6-15-30-22-10-3-4-11-23(22)33-24(26(30)32)19-8-7-9-20(16-19)25(27)28/h3-4,7-11,16,18,21,24,31H,2,5-6,12-15,17H2,1H3,(H3,27,28). The Labute approximate surface area is 195 Å². The molecule has 0 saturated carbocycles. The van der Waals surface area contributed by atoms with Gasteiger partial charge in [-0.3, -0.25) is 15.1 Å². The molecule has 0 aliphatic carbocycles. The Balaban J connectivity index is 1.42. The van der Waals surface area contributed by atoms with Crippen molar-refractivity contribution in [1.29, 1.82) is 5.41 Å². The van der Waals surface area contributed by atoms with Crippen molar-refractivity contribution in [2.24, 2.45) is 5.73 Å². The van der Waals surface area contributed by atoms with Gasteiger partial charge in [0.05, 0.1) is 12.3 Å². The SMILES string of the molecule is CC1CCC(CO)N1CCCCCN1C(=O)C(c2cccc(C(=N)N)c2)Oc2ccccc21. The summed E-state index contributed by atoms with van der Waals surface area (Å²) >= 11 is 0. The van der Waals surface area contributed by atoms with Crippen molar-refractivity contribution in [2.45, 2.75) is 57.2 Å². The van der Waals surface area contributed by atoms with Crippen LogP contribution < -0.4 is 15.4 Å². The number of anilines is 1. The molecule has 7 nitrogen and oxygen atoms in total. The summed E-state index contributed by atoms with van der Waals surface area (Å²) in [6.07, 6.45) is 4.42. The summed E-state index contributed by atoms with van der Waals surface area (Å²) in [7, 11) is 0. The molecular formula is C26H34N4O3. The molecule has 3 atom stereocenters. The maximum atomic E-state index is 13.4. The number of amides is 1. The van der Waals surface area contributed by atoms with Crippen molar-refractivity contribution in [1.82, 2.24) is 4.90 Å². The first kappa shape index (κ1) is 23.3. The Hall–Kier alpha value is -2.90. The minimum absolute atomic E-state index is 0.0341. The van der Waals surface area contributed by atoms with E-state index in [0.29, 0.717) is 35.5 Å². The van der Waals surface area contributed by atoms with Crippen LogP contribution in [0, 0.1) is 5.41 Å². The lowest BCUT2D eigenvalue weighted by molar-refractivity contribution is -0.126. The second kappa shape index (κ2) is 10.4. The highest BCUT2D eigenvalue weighted by atomic mass is 16.5. The van der Waals surface area contributed by atoms with Gasteiger partial charge < -0.3 is 20.5 Å². The fourth-order valence-corrected chi connectivity index (χ4v) is 4.99. The minimum Gasteiger partial charge on any atom is -0.474 e. The van der Waals surface area contributed by atoms with Gasteiger partial charge >= 0.3 is 0 Å². The van der Waals surface area contributed by atoms with Gasteiger partial charge in [-0.05, 0) is 57.4 Å². The number of hydrogen-bond donors (Lipinski definition) is 3. The van der Waals surface area contributed by atoms with Crippen LogP contribution in [0.2, 0.25) is 0 Å². The Bertz CT molecular complexity index is 995. The molecule has 176 valence electrons. The molecule has 1 amide bonds. The lowest BCUT2D eigenvalue weighted by atomic mass is 10.0. The molecular weight excluding hydrogens is 416 g/mol. The van der Waals surface area contributed by atoms with Gasteiger partial charge in [0, 0.05) is 29.8 Å². The highest BCUT2D eigenvalue weighted by molar-refractivity contribution is 6.01. The van der Waals surface area contributed by atoms with E-state index in [1.807, 2.05) is 35.2 Å². The fraction of sp³-hybridized carbons (Fsp3) is 0.462. The summed E-state index contributed by atoms with van der Waals surface area (Å²) in [4.78, 5) is 17.7. The zero-order valence-corrected chi connectivity index (χ0v) is 19.2. The number of amidine groups is 1. The number of aliphatic hydroxyl groups is 1. The van der Waals surface area contributed by atoms with Crippen LogP contribution in [0.15, 0.2) is 48.5 Å². The summed E-state index contributed by atoms with van der Waals surface area (Å²) in [6.45, 7) is 4.08. The van der Waals surface area contributed by atoms with E-state index in [1.54, 1.807) is 18.2 Å². The molecule has 0 aromatic heterocycles. The quantitative estimate of drug-likeness (QED) is 0.308. The van der Waals surface area contributed by atoms with Crippen molar-refractivity contribution in [3.63, 3.8) is 0 Å².